The number of hydrogen-bond acceptors (Lipinski definition) is 5. The smallest absolute Gasteiger partial charge is 0.248 e. The SMILES string of the molecule is CCC(C(=O)Nc1cc(O)c(NC(=O)/C=C/C=C/c2ccccc2)cc1Cl)S(=O)(=O)c1ccc(C)cc1. The predicted octanol–water partition coefficient (Wildman–Crippen LogP) is 5.75. The van der Waals surface area contributed by atoms with Gasteiger partial charge in [0.1, 0.15) is 11.0 Å². The van der Waals surface area contributed by atoms with Gasteiger partial charge in [-0.05, 0) is 37.1 Å². The van der Waals surface area contributed by atoms with E-state index in [1.54, 1.807) is 31.2 Å². The summed E-state index contributed by atoms with van der Waals surface area (Å²) in [5.74, 6) is -1.64. The number of phenolic OH excluding ortho intramolecular Hbond substituents is 1. The van der Waals surface area contributed by atoms with Crippen LogP contribution in [0.25, 0.3) is 6.08 Å². The first-order chi connectivity index (χ1) is 17.6. The zero-order valence-corrected chi connectivity index (χ0v) is 21.9. The number of anilines is 2. The number of carbonyl (C=O) groups is 2. The molecule has 0 saturated carbocycles. The fraction of sp³-hybridized carbons (Fsp3) is 0.143. The molecule has 3 N–H and O–H groups in total. The summed E-state index contributed by atoms with van der Waals surface area (Å²) < 4.78 is 26.0. The molecule has 3 rings (SSSR count). The van der Waals surface area contributed by atoms with Gasteiger partial charge in [0, 0.05) is 12.1 Å². The minimum absolute atomic E-state index is 0.0111. The van der Waals surface area contributed by atoms with Crippen molar-refractivity contribution in [3.63, 3.8) is 0 Å². The van der Waals surface area contributed by atoms with E-state index in [0.717, 1.165) is 17.2 Å². The number of nitrogens with one attached hydrogen (secondary N) is 2. The van der Waals surface area contributed by atoms with Gasteiger partial charge in [-0.2, -0.15) is 0 Å². The van der Waals surface area contributed by atoms with Crippen molar-refractivity contribution in [2.45, 2.75) is 30.4 Å². The zero-order chi connectivity index (χ0) is 27.0. The minimum Gasteiger partial charge on any atom is -0.506 e. The van der Waals surface area contributed by atoms with Crippen LogP contribution in [0.4, 0.5) is 11.4 Å². The molecule has 0 radical (unpaired) electrons. The Labute approximate surface area is 221 Å². The summed E-state index contributed by atoms with van der Waals surface area (Å²) in [5, 5.41) is 14.0. The van der Waals surface area contributed by atoms with Crippen LogP contribution < -0.4 is 10.6 Å². The Morgan fingerprint density at radius 2 is 1.65 bits per heavy atom. The maximum absolute atomic E-state index is 13.0. The fourth-order valence-electron chi connectivity index (χ4n) is 3.46. The van der Waals surface area contributed by atoms with Gasteiger partial charge in [-0.1, -0.05) is 84.8 Å². The lowest BCUT2D eigenvalue weighted by atomic mass is 10.2. The van der Waals surface area contributed by atoms with Gasteiger partial charge in [-0.3, -0.25) is 9.59 Å². The van der Waals surface area contributed by atoms with Crippen molar-refractivity contribution in [2.75, 3.05) is 10.6 Å². The second-order valence-electron chi connectivity index (χ2n) is 8.21. The molecule has 7 nitrogen and oxygen atoms in total. The molecule has 3 aromatic rings. The average Bonchev–Trinajstić information content (AvgIpc) is 2.86. The van der Waals surface area contributed by atoms with E-state index in [1.807, 2.05) is 43.3 Å². The highest BCUT2D eigenvalue weighted by Gasteiger charge is 2.33. The third-order valence-corrected chi connectivity index (χ3v) is 7.97. The molecule has 0 heterocycles. The average molecular weight is 539 g/mol. The Morgan fingerprint density at radius 1 is 0.973 bits per heavy atom. The van der Waals surface area contributed by atoms with E-state index in [4.69, 9.17) is 11.6 Å². The summed E-state index contributed by atoms with van der Waals surface area (Å²) in [6.45, 7) is 3.43. The van der Waals surface area contributed by atoms with Crippen LogP contribution in [0.3, 0.4) is 0 Å². The summed E-state index contributed by atoms with van der Waals surface area (Å²) >= 11 is 6.26. The molecule has 192 valence electrons. The molecule has 0 fully saturated rings. The first-order valence-electron chi connectivity index (χ1n) is 11.5. The van der Waals surface area contributed by atoms with E-state index in [2.05, 4.69) is 10.6 Å². The number of rotatable bonds is 9. The van der Waals surface area contributed by atoms with Crippen molar-refractivity contribution in [3.05, 3.63) is 101 Å². The lowest BCUT2D eigenvalue weighted by Crippen LogP contribution is -2.34. The Bertz CT molecular complexity index is 1430. The molecule has 2 amide bonds. The maximum atomic E-state index is 13.0. The van der Waals surface area contributed by atoms with Gasteiger partial charge in [0.25, 0.3) is 0 Å². The van der Waals surface area contributed by atoms with E-state index in [-0.39, 0.29) is 33.5 Å². The number of carbonyl (C=O) groups excluding carboxylic acids is 2. The highest BCUT2D eigenvalue weighted by molar-refractivity contribution is 7.92. The van der Waals surface area contributed by atoms with Crippen molar-refractivity contribution >= 4 is 50.7 Å². The van der Waals surface area contributed by atoms with Gasteiger partial charge in [-0.25, -0.2) is 8.42 Å². The van der Waals surface area contributed by atoms with Crippen LogP contribution in [0.1, 0.15) is 24.5 Å². The molecule has 0 aliphatic rings. The van der Waals surface area contributed by atoms with Gasteiger partial charge < -0.3 is 15.7 Å². The highest BCUT2D eigenvalue weighted by Crippen LogP contribution is 2.34. The van der Waals surface area contributed by atoms with Crippen LogP contribution >= 0.6 is 11.6 Å². The number of amides is 2. The van der Waals surface area contributed by atoms with E-state index >= 15 is 0 Å². The lowest BCUT2D eigenvalue weighted by Gasteiger charge is -2.17. The number of halogens is 1. The third kappa shape index (κ3) is 7.31. The monoisotopic (exact) mass is 538 g/mol. The maximum Gasteiger partial charge on any atom is 0.248 e. The van der Waals surface area contributed by atoms with Gasteiger partial charge in [0.15, 0.2) is 9.84 Å². The summed E-state index contributed by atoms with van der Waals surface area (Å²) in [6.07, 6.45) is 6.40. The summed E-state index contributed by atoms with van der Waals surface area (Å²) in [6, 6.07) is 18.2. The second kappa shape index (κ2) is 12.4. The molecule has 3 aromatic carbocycles. The number of aromatic hydroxyl groups is 1. The minimum atomic E-state index is -3.95. The molecule has 1 unspecified atom stereocenters. The summed E-state index contributed by atoms with van der Waals surface area (Å²) in [5.41, 5.74) is 1.92. The van der Waals surface area contributed by atoms with Crippen molar-refractivity contribution in [1.29, 1.82) is 0 Å². The van der Waals surface area contributed by atoms with Crippen LogP contribution in [0.2, 0.25) is 5.02 Å². The standard InChI is InChI=1S/C28H27ClN2O5S/c1-3-26(37(35,36)21-15-13-19(2)14-16-21)28(34)31-23-18-25(32)24(17-22(23)29)30-27(33)12-8-7-11-20-9-5-4-6-10-20/h4-18,26,32H,3H2,1-2H3,(H,30,33)(H,31,34)/b11-7+,12-8+. The topological polar surface area (TPSA) is 113 Å². The fourth-order valence-corrected chi connectivity index (χ4v) is 5.29. The molecule has 0 aromatic heterocycles. The Balaban J connectivity index is 1.69. The van der Waals surface area contributed by atoms with E-state index in [1.165, 1.54) is 24.3 Å². The van der Waals surface area contributed by atoms with Crippen LogP contribution in [-0.2, 0) is 19.4 Å². The van der Waals surface area contributed by atoms with Crippen molar-refractivity contribution in [2.24, 2.45) is 0 Å². The molecule has 0 spiro atoms. The van der Waals surface area contributed by atoms with Crippen LogP contribution in [0, 0.1) is 6.92 Å². The first kappa shape index (κ1) is 27.7. The van der Waals surface area contributed by atoms with E-state index in [9.17, 15) is 23.1 Å². The van der Waals surface area contributed by atoms with Gasteiger partial charge >= 0.3 is 0 Å². The van der Waals surface area contributed by atoms with Gasteiger partial charge in [0.2, 0.25) is 11.8 Å². The Kier molecular flexibility index (Phi) is 9.27. The zero-order valence-electron chi connectivity index (χ0n) is 20.3. The van der Waals surface area contributed by atoms with E-state index in [0.29, 0.717) is 0 Å². The van der Waals surface area contributed by atoms with Crippen molar-refractivity contribution in [3.8, 4) is 5.75 Å². The van der Waals surface area contributed by atoms with E-state index < -0.39 is 26.9 Å². The molecule has 0 aliphatic carbocycles. The van der Waals surface area contributed by atoms with Crippen LogP contribution in [-0.4, -0.2) is 30.6 Å². The van der Waals surface area contributed by atoms with Gasteiger partial charge in [-0.15, -0.1) is 0 Å². The normalized spacial score (nSPS) is 12.5. The largest absolute Gasteiger partial charge is 0.506 e. The van der Waals surface area contributed by atoms with Gasteiger partial charge in [0.05, 0.1) is 21.3 Å². The second-order valence-corrected chi connectivity index (χ2v) is 10.7. The molecule has 1 atom stereocenters. The van der Waals surface area contributed by atoms with Crippen LogP contribution in [0.15, 0.2) is 89.9 Å². The quantitative estimate of drug-likeness (QED) is 0.182. The molecule has 0 aliphatic heterocycles. The lowest BCUT2D eigenvalue weighted by molar-refractivity contribution is -0.116. The first-order valence-corrected chi connectivity index (χ1v) is 13.4. The molecule has 0 saturated heterocycles. The molecule has 9 heteroatoms. The van der Waals surface area contributed by atoms with Crippen molar-refractivity contribution in [1.82, 2.24) is 0 Å². The highest BCUT2D eigenvalue weighted by atomic mass is 35.5. The third-order valence-electron chi connectivity index (χ3n) is 5.44. The van der Waals surface area contributed by atoms with Crippen molar-refractivity contribution < 1.29 is 23.1 Å². The Morgan fingerprint density at radius 3 is 2.30 bits per heavy atom. The number of benzene rings is 3. The Hall–Kier alpha value is -3.88. The molecular formula is C28H27ClN2O5S. The summed E-state index contributed by atoms with van der Waals surface area (Å²) in [4.78, 5) is 25.2. The number of phenols is 1. The molecular weight excluding hydrogens is 512 g/mol. The summed E-state index contributed by atoms with van der Waals surface area (Å²) in [7, 11) is -3.95. The molecule has 37 heavy (non-hydrogen) atoms. The predicted molar refractivity (Wildman–Crippen MR) is 147 cm³/mol. The number of hydrogen-bond donors (Lipinski definition) is 3. The number of allylic oxidation sites excluding steroid dienone is 2. The van der Waals surface area contributed by atoms with Crippen LogP contribution in [0.5, 0.6) is 5.75 Å². The number of sulfone groups is 1. The molecule has 0 bridgehead atoms. The number of aryl methyl sites for hydroxylation is 1.